The largest absolute Gasteiger partial charge is 0.504 e. The number of benzene rings is 1. The Balaban J connectivity index is 1.50. The number of phenols is 1. The Morgan fingerprint density at radius 3 is 2.49 bits per heavy atom. The average molecular weight is 500 g/mol. The van der Waals surface area contributed by atoms with Gasteiger partial charge in [0.05, 0.1) is 18.4 Å². The van der Waals surface area contributed by atoms with Gasteiger partial charge in [0.2, 0.25) is 10.0 Å². The van der Waals surface area contributed by atoms with E-state index >= 15 is 0 Å². The number of hydrogen-bond donors (Lipinski definition) is 5. The summed E-state index contributed by atoms with van der Waals surface area (Å²) in [7, 11) is -3.80. The minimum Gasteiger partial charge on any atom is -0.504 e. The zero-order chi connectivity index (χ0) is 24.6. The van der Waals surface area contributed by atoms with Crippen LogP contribution in [0, 0.1) is 6.92 Å². The number of nitrogens with zero attached hydrogens (tertiary/aromatic N) is 3. The molecule has 4 heterocycles. The Bertz CT molecular complexity index is 1340. The topological polar surface area (TPSA) is 145 Å². The SMILES string of the molecule is CC[C@@H](Nc1nc2c(nc1Nc1cccc(S(=O)(=O)N3CCCC3)c1O)NCN2)c1ccc(C)o1. The Kier molecular flexibility index (Phi) is 6.15. The molecule has 1 aromatic carbocycles. The van der Waals surface area contributed by atoms with Crippen molar-refractivity contribution in [2.45, 2.75) is 44.0 Å². The minimum absolute atomic E-state index is 0.134. The molecule has 0 aliphatic carbocycles. The van der Waals surface area contributed by atoms with Crippen LogP contribution in [0.15, 0.2) is 39.6 Å². The molecule has 3 aromatic rings. The molecule has 2 aromatic heterocycles. The molecule has 5 N–H and O–H groups in total. The van der Waals surface area contributed by atoms with Gasteiger partial charge in [-0.05, 0) is 50.5 Å². The number of aromatic hydroxyl groups is 1. The van der Waals surface area contributed by atoms with Crippen molar-refractivity contribution in [3.8, 4) is 5.75 Å². The number of anilines is 5. The van der Waals surface area contributed by atoms with Crippen molar-refractivity contribution in [2.24, 2.45) is 0 Å². The maximum absolute atomic E-state index is 13.1. The molecule has 1 atom stereocenters. The van der Waals surface area contributed by atoms with Gasteiger partial charge in [0.25, 0.3) is 0 Å². The third kappa shape index (κ3) is 4.46. The molecule has 0 saturated carbocycles. The monoisotopic (exact) mass is 499 g/mol. The second-order valence-electron chi connectivity index (χ2n) is 8.59. The van der Waals surface area contributed by atoms with Gasteiger partial charge in [-0.2, -0.15) is 4.31 Å². The standard InChI is InChI=1S/C23H29N7O4S/c1-3-15(17-10-9-14(2)34-17)26-22-23(29-21-20(28-22)24-13-25-21)27-16-7-6-8-18(19(16)31)35(32,33)30-11-4-5-12-30/h6-10,15,31H,3-5,11-13H2,1-2H3,(H2,24,26,28)(H2,25,27,29)/t15-/m1/s1. The fourth-order valence-electron chi connectivity index (χ4n) is 4.29. The summed E-state index contributed by atoms with van der Waals surface area (Å²) in [6, 6.07) is 8.28. The summed E-state index contributed by atoms with van der Waals surface area (Å²) in [6.07, 6.45) is 2.35. The van der Waals surface area contributed by atoms with Crippen LogP contribution in [-0.4, -0.2) is 47.6 Å². The van der Waals surface area contributed by atoms with Gasteiger partial charge in [0.1, 0.15) is 16.4 Å². The highest BCUT2D eigenvalue weighted by Crippen LogP contribution is 2.38. The molecule has 0 radical (unpaired) electrons. The molecule has 0 spiro atoms. The summed E-state index contributed by atoms with van der Waals surface area (Å²) in [5.41, 5.74) is 0.218. The third-order valence-electron chi connectivity index (χ3n) is 6.17. The van der Waals surface area contributed by atoms with Gasteiger partial charge >= 0.3 is 0 Å². The Labute approximate surface area is 204 Å². The fraction of sp³-hybridized carbons (Fsp3) is 0.391. The van der Waals surface area contributed by atoms with Gasteiger partial charge in [-0.15, -0.1) is 0 Å². The summed E-state index contributed by atoms with van der Waals surface area (Å²) < 4.78 is 33.4. The molecule has 1 fully saturated rings. The highest BCUT2D eigenvalue weighted by atomic mass is 32.2. The van der Waals surface area contributed by atoms with E-state index in [1.807, 2.05) is 26.0 Å². The van der Waals surface area contributed by atoms with Gasteiger partial charge in [-0.1, -0.05) is 13.0 Å². The first-order chi connectivity index (χ1) is 16.9. The highest BCUT2D eigenvalue weighted by molar-refractivity contribution is 7.89. The summed E-state index contributed by atoms with van der Waals surface area (Å²) in [5, 5.41) is 23.7. The van der Waals surface area contributed by atoms with Crippen molar-refractivity contribution in [2.75, 3.05) is 41.0 Å². The maximum atomic E-state index is 13.1. The van der Waals surface area contributed by atoms with E-state index < -0.39 is 10.0 Å². The van der Waals surface area contributed by atoms with Crippen molar-refractivity contribution in [3.05, 3.63) is 41.9 Å². The predicted molar refractivity (Wildman–Crippen MR) is 134 cm³/mol. The van der Waals surface area contributed by atoms with Gasteiger partial charge in [0, 0.05) is 13.1 Å². The van der Waals surface area contributed by atoms with Crippen LogP contribution >= 0.6 is 0 Å². The number of furan rings is 1. The van der Waals surface area contributed by atoms with Gasteiger partial charge in [-0.25, -0.2) is 18.4 Å². The molecule has 35 heavy (non-hydrogen) atoms. The van der Waals surface area contributed by atoms with Crippen molar-refractivity contribution >= 4 is 39.0 Å². The molecule has 2 aliphatic rings. The van der Waals surface area contributed by atoms with Crippen LogP contribution < -0.4 is 21.3 Å². The smallest absolute Gasteiger partial charge is 0.246 e. The number of phenolic OH excluding ortho intramolecular Hbond substituents is 1. The predicted octanol–water partition coefficient (Wildman–Crippen LogP) is 3.97. The number of nitrogens with one attached hydrogen (secondary N) is 4. The van der Waals surface area contributed by atoms with E-state index in [0.29, 0.717) is 43.0 Å². The van der Waals surface area contributed by atoms with Crippen LogP contribution in [-0.2, 0) is 10.0 Å². The van der Waals surface area contributed by atoms with E-state index in [2.05, 4.69) is 31.2 Å². The van der Waals surface area contributed by atoms with Crippen LogP contribution in [0.1, 0.15) is 43.7 Å². The maximum Gasteiger partial charge on any atom is 0.246 e. The number of rotatable bonds is 8. The zero-order valence-corrected chi connectivity index (χ0v) is 20.4. The Hall–Kier alpha value is -3.51. The molecule has 186 valence electrons. The Morgan fingerprint density at radius 1 is 1.11 bits per heavy atom. The number of para-hydroxylation sites is 1. The molecule has 0 amide bonds. The van der Waals surface area contributed by atoms with E-state index in [1.165, 1.54) is 10.4 Å². The molecule has 12 heteroatoms. The molecule has 0 bridgehead atoms. The van der Waals surface area contributed by atoms with Crippen molar-refractivity contribution in [1.82, 2.24) is 14.3 Å². The lowest BCUT2D eigenvalue weighted by Crippen LogP contribution is -2.28. The normalized spacial score (nSPS) is 16.4. The zero-order valence-electron chi connectivity index (χ0n) is 19.6. The van der Waals surface area contributed by atoms with Crippen molar-refractivity contribution < 1.29 is 17.9 Å². The minimum atomic E-state index is -3.80. The van der Waals surface area contributed by atoms with Crippen LogP contribution in [0.2, 0.25) is 0 Å². The number of aryl methyl sites for hydroxylation is 1. The summed E-state index contributed by atoms with van der Waals surface area (Å²) >= 11 is 0. The molecule has 2 aliphatic heterocycles. The van der Waals surface area contributed by atoms with Crippen LogP contribution in [0.3, 0.4) is 0 Å². The molecular formula is C23H29N7O4S. The summed E-state index contributed by atoms with van der Waals surface area (Å²) in [6.45, 7) is 5.31. The van der Waals surface area contributed by atoms with E-state index in [0.717, 1.165) is 30.8 Å². The highest BCUT2D eigenvalue weighted by Gasteiger charge is 2.31. The molecule has 1 saturated heterocycles. The van der Waals surface area contributed by atoms with E-state index in [9.17, 15) is 13.5 Å². The third-order valence-corrected chi connectivity index (χ3v) is 8.10. The van der Waals surface area contributed by atoms with E-state index in [4.69, 9.17) is 4.42 Å². The lowest BCUT2D eigenvalue weighted by molar-refractivity contribution is 0.445. The first kappa shape index (κ1) is 23.2. The molecule has 5 rings (SSSR count). The number of sulfonamides is 1. The number of fused-ring (bicyclic) bond motifs is 1. The molecular weight excluding hydrogens is 470 g/mol. The first-order valence-corrected chi connectivity index (χ1v) is 13.1. The summed E-state index contributed by atoms with van der Waals surface area (Å²) in [4.78, 5) is 9.17. The van der Waals surface area contributed by atoms with Gasteiger partial charge in [-0.3, -0.25) is 0 Å². The number of aromatic nitrogens is 2. The van der Waals surface area contributed by atoms with Crippen LogP contribution in [0.25, 0.3) is 0 Å². The van der Waals surface area contributed by atoms with Gasteiger partial charge in [0.15, 0.2) is 29.0 Å². The number of hydrogen-bond acceptors (Lipinski definition) is 10. The molecule has 11 nitrogen and oxygen atoms in total. The van der Waals surface area contributed by atoms with E-state index in [1.54, 1.807) is 12.1 Å². The fourth-order valence-corrected chi connectivity index (χ4v) is 5.91. The van der Waals surface area contributed by atoms with Crippen LogP contribution in [0.4, 0.5) is 29.0 Å². The van der Waals surface area contributed by atoms with Crippen LogP contribution in [0.5, 0.6) is 5.75 Å². The van der Waals surface area contributed by atoms with Crippen molar-refractivity contribution in [1.29, 1.82) is 0 Å². The average Bonchev–Trinajstić information content (AvgIpc) is 3.61. The first-order valence-electron chi connectivity index (χ1n) is 11.7. The lowest BCUT2D eigenvalue weighted by atomic mass is 10.1. The van der Waals surface area contributed by atoms with Gasteiger partial charge < -0.3 is 30.8 Å². The second kappa shape index (κ2) is 9.27. The van der Waals surface area contributed by atoms with E-state index in [-0.39, 0.29) is 22.4 Å². The van der Waals surface area contributed by atoms with Crippen molar-refractivity contribution in [3.63, 3.8) is 0 Å². The summed E-state index contributed by atoms with van der Waals surface area (Å²) in [5.74, 6) is 3.16. The second-order valence-corrected chi connectivity index (χ2v) is 10.5. The quantitative estimate of drug-likeness (QED) is 0.289. The Morgan fingerprint density at radius 2 is 1.83 bits per heavy atom. The molecule has 0 unspecified atom stereocenters. The lowest BCUT2D eigenvalue weighted by Gasteiger charge is -2.20.